The van der Waals surface area contributed by atoms with Gasteiger partial charge >= 0.3 is 0 Å². The normalized spacial score (nSPS) is 12.5. The molecule has 112 valence electrons. The zero-order valence-corrected chi connectivity index (χ0v) is 13.2. The van der Waals surface area contributed by atoms with Crippen LogP contribution in [0.5, 0.6) is 0 Å². The molecule has 0 spiro atoms. The molecule has 0 aliphatic carbocycles. The summed E-state index contributed by atoms with van der Waals surface area (Å²) in [7, 11) is 0. The first-order chi connectivity index (χ1) is 10.6. The van der Waals surface area contributed by atoms with Crippen molar-refractivity contribution < 1.29 is 4.79 Å². The molecule has 0 saturated heterocycles. The van der Waals surface area contributed by atoms with Crippen molar-refractivity contribution in [2.75, 3.05) is 0 Å². The molecule has 0 aliphatic rings. The van der Waals surface area contributed by atoms with Crippen LogP contribution in [0.3, 0.4) is 0 Å². The minimum absolute atomic E-state index is 0.0828. The zero-order chi connectivity index (χ0) is 15.7. The van der Waals surface area contributed by atoms with Crippen LogP contribution in [-0.2, 0) is 0 Å². The van der Waals surface area contributed by atoms with E-state index in [4.69, 9.17) is 0 Å². The Bertz CT molecular complexity index is 818. The summed E-state index contributed by atoms with van der Waals surface area (Å²) in [6.45, 7) is 6.17. The Labute approximate surface area is 130 Å². The molecule has 1 heterocycles. The number of aryl methyl sites for hydroxylation is 2. The molecule has 0 saturated carbocycles. The lowest BCUT2D eigenvalue weighted by Crippen LogP contribution is -2.19. The zero-order valence-electron chi connectivity index (χ0n) is 13.2. The van der Waals surface area contributed by atoms with Crippen LogP contribution < -0.4 is 0 Å². The Balaban J connectivity index is 2.06. The predicted molar refractivity (Wildman–Crippen MR) is 89.3 cm³/mol. The van der Waals surface area contributed by atoms with Crippen molar-refractivity contribution in [3.05, 3.63) is 65.5 Å². The molecule has 1 atom stereocenters. The second-order valence-electron chi connectivity index (χ2n) is 5.75. The van der Waals surface area contributed by atoms with Gasteiger partial charge in [-0.3, -0.25) is 9.36 Å². The average Bonchev–Trinajstić information content (AvgIpc) is 2.92. The van der Waals surface area contributed by atoms with Gasteiger partial charge in [-0.05, 0) is 49.1 Å². The first-order valence-electron chi connectivity index (χ1n) is 7.65. The van der Waals surface area contributed by atoms with Crippen molar-refractivity contribution in [3.63, 3.8) is 0 Å². The fourth-order valence-electron chi connectivity index (χ4n) is 2.85. The fraction of sp³-hybridized carbons (Fsp3) is 0.263. The van der Waals surface area contributed by atoms with Crippen LogP contribution in [0.4, 0.5) is 0 Å². The first kappa shape index (κ1) is 14.5. The highest BCUT2D eigenvalue weighted by Gasteiger charge is 2.22. The van der Waals surface area contributed by atoms with E-state index in [0.29, 0.717) is 0 Å². The molecule has 0 fully saturated rings. The molecule has 3 nitrogen and oxygen atoms in total. The molecule has 3 heteroatoms. The van der Waals surface area contributed by atoms with Gasteiger partial charge in [0.1, 0.15) is 6.33 Å². The summed E-state index contributed by atoms with van der Waals surface area (Å²) in [4.78, 5) is 17.4. The Morgan fingerprint density at radius 1 is 1.14 bits per heavy atom. The molecule has 0 N–H and O–H groups in total. The lowest BCUT2D eigenvalue weighted by molar-refractivity contribution is 0.0880. The maximum atomic E-state index is 13.0. The third kappa shape index (κ3) is 2.43. The Kier molecular flexibility index (Phi) is 3.80. The van der Waals surface area contributed by atoms with Crippen LogP contribution in [0, 0.1) is 13.8 Å². The van der Waals surface area contributed by atoms with E-state index in [-0.39, 0.29) is 11.8 Å². The second-order valence-corrected chi connectivity index (χ2v) is 5.75. The van der Waals surface area contributed by atoms with Crippen molar-refractivity contribution >= 4 is 16.9 Å². The summed E-state index contributed by atoms with van der Waals surface area (Å²) in [5.41, 5.74) is 5.19. The maximum absolute atomic E-state index is 13.0. The van der Waals surface area contributed by atoms with Gasteiger partial charge in [-0.15, -0.1) is 0 Å². The number of nitrogens with zero attached hydrogens (tertiary/aromatic N) is 2. The summed E-state index contributed by atoms with van der Waals surface area (Å²) in [6.07, 6.45) is 2.42. The number of carbonyl (C=O) groups is 1. The van der Waals surface area contributed by atoms with Crippen LogP contribution in [0.25, 0.3) is 11.0 Å². The van der Waals surface area contributed by atoms with E-state index in [9.17, 15) is 4.79 Å². The van der Waals surface area contributed by atoms with Gasteiger partial charge in [0.2, 0.25) is 5.91 Å². The van der Waals surface area contributed by atoms with Gasteiger partial charge < -0.3 is 0 Å². The third-order valence-electron chi connectivity index (χ3n) is 4.31. The highest BCUT2D eigenvalue weighted by molar-refractivity contribution is 5.94. The monoisotopic (exact) mass is 292 g/mol. The lowest BCUT2D eigenvalue weighted by Gasteiger charge is -2.15. The summed E-state index contributed by atoms with van der Waals surface area (Å²) in [5.74, 6) is -0.0559. The van der Waals surface area contributed by atoms with Crippen LogP contribution in [0.15, 0.2) is 48.8 Å². The number of hydrogen-bond donors (Lipinski definition) is 0. The molecule has 0 aliphatic heterocycles. The molecule has 0 bridgehead atoms. The van der Waals surface area contributed by atoms with E-state index in [1.54, 1.807) is 10.9 Å². The Morgan fingerprint density at radius 2 is 1.82 bits per heavy atom. The SMILES string of the molecule is CCC(C(=O)n1cnc2cc(C)c(C)cc21)c1ccccc1. The molecular weight excluding hydrogens is 272 g/mol. The van der Waals surface area contributed by atoms with Gasteiger partial charge in [0.05, 0.1) is 17.0 Å². The largest absolute Gasteiger partial charge is 0.273 e. The number of fused-ring (bicyclic) bond motifs is 1. The summed E-state index contributed by atoms with van der Waals surface area (Å²) in [6, 6.07) is 14.0. The van der Waals surface area contributed by atoms with Gasteiger partial charge in [-0.25, -0.2) is 4.98 Å². The molecule has 22 heavy (non-hydrogen) atoms. The van der Waals surface area contributed by atoms with Gasteiger partial charge in [-0.2, -0.15) is 0 Å². The molecule has 1 aromatic heterocycles. The second kappa shape index (κ2) is 5.76. The van der Waals surface area contributed by atoms with E-state index in [0.717, 1.165) is 23.0 Å². The molecule has 0 radical (unpaired) electrons. The highest BCUT2D eigenvalue weighted by atomic mass is 16.2. The lowest BCUT2D eigenvalue weighted by atomic mass is 9.95. The maximum Gasteiger partial charge on any atom is 0.239 e. The third-order valence-corrected chi connectivity index (χ3v) is 4.31. The Hall–Kier alpha value is -2.42. The van der Waals surface area contributed by atoms with E-state index < -0.39 is 0 Å². The van der Waals surface area contributed by atoms with Gasteiger partial charge in [0.25, 0.3) is 0 Å². The molecule has 1 unspecified atom stereocenters. The molecule has 3 rings (SSSR count). The summed E-state index contributed by atoms with van der Waals surface area (Å²) >= 11 is 0. The highest BCUT2D eigenvalue weighted by Crippen LogP contribution is 2.25. The fourth-order valence-corrected chi connectivity index (χ4v) is 2.85. The summed E-state index contributed by atoms with van der Waals surface area (Å²) < 4.78 is 1.70. The van der Waals surface area contributed by atoms with Crippen LogP contribution >= 0.6 is 0 Å². The van der Waals surface area contributed by atoms with Crippen molar-refractivity contribution in [1.82, 2.24) is 9.55 Å². The molecule has 0 amide bonds. The van der Waals surface area contributed by atoms with E-state index in [1.807, 2.05) is 49.4 Å². The summed E-state index contributed by atoms with van der Waals surface area (Å²) in [5, 5.41) is 0. The first-order valence-corrected chi connectivity index (χ1v) is 7.65. The predicted octanol–water partition coefficient (Wildman–Crippen LogP) is 4.49. The molecule has 3 aromatic rings. The van der Waals surface area contributed by atoms with Crippen LogP contribution in [0.2, 0.25) is 0 Å². The number of aromatic nitrogens is 2. The van der Waals surface area contributed by atoms with Gasteiger partial charge in [0, 0.05) is 0 Å². The number of hydrogen-bond acceptors (Lipinski definition) is 2. The molecular formula is C19H20N2O. The van der Waals surface area contributed by atoms with Crippen LogP contribution in [-0.4, -0.2) is 15.5 Å². The number of rotatable bonds is 3. The van der Waals surface area contributed by atoms with Gasteiger partial charge in [-0.1, -0.05) is 37.3 Å². The average molecular weight is 292 g/mol. The smallest absolute Gasteiger partial charge is 0.239 e. The topological polar surface area (TPSA) is 34.9 Å². The number of imidazole rings is 1. The van der Waals surface area contributed by atoms with Crippen LogP contribution in [0.1, 0.15) is 40.7 Å². The van der Waals surface area contributed by atoms with E-state index in [1.165, 1.54) is 11.1 Å². The van der Waals surface area contributed by atoms with Crippen molar-refractivity contribution in [3.8, 4) is 0 Å². The minimum atomic E-state index is -0.139. The van der Waals surface area contributed by atoms with Crippen molar-refractivity contribution in [2.45, 2.75) is 33.1 Å². The van der Waals surface area contributed by atoms with E-state index >= 15 is 0 Å². The quantitative estimate of drug-likeness (QED) is 0.713. The van der Waals surface area contributed by atoms with Crippen molar-refractivity contribution in [1.29, 1.82) is 0 Å². The standard InChI is InChI=1S/C19H20N2O/c1-4-16(15-8-6-5-7-9-15)19(22)21-12-20-17-10-13(2)14(3)11-18(17)21/h5-12,16H,4H2,1-3H3. The number of benzene rings is 2. The number of carbonyl (C=O) groups excluding carboxylic acids is 1. The van der Waals surface area contributed by atoms with Gasteiger partial charge in [0.15, 0.2) is 0 Å². The minimum Gasteiger partial charge on any atom is -0.273 e. The molecule has 2 aromatic carbocycles. The van der Waals surface area contributed by atoms with Crippen molar-refractivity contribution in [2.24, 2.45) is 0 Å². The Morgan fingerprint density at radius 3 is 2.50 bits per heavy atom. The van der Waals surface area contributed by atoms with E-state index in [2.05, 4.69) is 18.8 Å².